The number of carbonyl (C=O) groups is 1. The van der Waals surface area contributed by atoms with E-state index in [-0.39, 0.29) is 11.7 Å². The SMILES string of the molecule is CCS(=O)(=O)N1CCC(c2c[nH]c3c(C(N)=O)cc(OCc4ccccc4)cc23)CC1. The molecule has 1 amide bonds. The molecular weight excluding hydrogens is 414 g/mol. The Balaban J connectivity index is 1.61. The van der Waals surface area contributed by atoms with Crippen molar-refractivity contribution in [1.29, 1.82) is 0 Å². The van der Waals surface area contributed by atoms with Crippen LogP contribution < -0.4 is 10.5 Å². The number of nitrogens with one attached hydrogen (secondary N) is 1. The van der Waals surface area contributed by atoms with E-state index >= 15 is 0 Å². The van der Waals surface area contributed by atoms with E-state index in [1.54, 1.807) is 17.3 Å². The highest BCUT2D eigenvalue weighted by Gasteiger charge is 2.29. The molecular formula is C23H27N3O4S. The number of ether oxygens (including phenoxy) is 1. The molecule has 2 heterocycles. The molecule has 7 nitrogen and oxygen atoms in total. The van der Waals surface area contributed by atoms with Crippen molar-refractivity contribution in [3.05, 3.63) is 65.4 Å². The molecule has 0 atom stereocenters. The number of primary amides is 1. The Labute approximate surface area is 182 Å². The number of hydrogen-bond acceptors (Lipinski definition) is 4. The van der Waals surface area contributed by atoms with Gasteiger partial charge in [-0.15, -0.1) is 0 Å². The molecule has 3 N–H and O–H groups in total. The molecule has 3 aromatic rings. The summed E-state index contributed by atoms with van der Waals surface area (Å²) in [6.07, 6.45) is 3.37. The van der Waals surface area contributed by atoms with Crippen LogP contribution in [0.5, 0.6) is 5.75 Å². The topological polar surface area (TPSA) is 105 Å². The maximum Gasteiger partial charge on any atom is 0.250 e. The monoisotopic (exact) mass is 441 g/mol. The van der Waals surface area contributed by atoms with Crippen LogP contribution in [0.25, 0.3) is 10.9 Å². The van der Waals surface area contributed by atoms with E-state index in [1.807, 2.05) is 42.6 Å². The number of benzene rings is 2. The van der Waals surface area contributed by atoms with Gasteiger partial charge >= 0.3 is 0 Å². The van der Waals surface area contributed by atoms with Crippen molar-refractivity contribution in [3.63, 3.8) is 0 Å². The lowest BCUT2D eigenvalue weighted by Gasteiger charge is -2.30. The van der Waals surface area contributed by atoms with Gasteiger partial charge < -0.3 is 15.5 Å². The molecule has 0 spiro atoms. The summed E-state index contributed by atoms with van der Waals surface area (Å²) in [5.74, 6) is 0.376. The number of nitrogens with zero attached hydrogens (tertiary/aromatic N) is 1. The van der Waals surface area contributed by atoms with Crippen molar-refractivity contribution < 1.29 is 17.9 Å². The largest absolute Gasteiger partial charge is 0.489 e. The molecule has 1 saturated heterocycles. The number of piperidine rings is 1. The first kappa shape index (κ1) is 21.4. The van der Waals surface area contributed by atoms with Crippen LogP contribution in [0.4, 0.5) is 0 Å². The van der Waals surface area contributed by atoms with Crippen LogP contribution in [0.2, 0.25) is 0 Å². The number of fused-ring (bicyclic) bond motifs is 1. The number of hydrogen-bond donors (Lipinski definition) is 2. The first-order valence-corrected chi connectivity index (χ1v) is 12.1. The van der Waals surface area contributed by atoms with E-state index in [2.05, 4.69) is 4.98 Å². The van der Waals surface area contributed by atoms with Crippen molar-refractivity contribution in [1.82, 2.24) is 9.29 Å². The summed E-state index contributed by atoms with van der Waals surface area (Å²) < 4.78 is 31.9. The van der Waals surface area contributed by atoms with Gasteiger partial charge in [0.25, 0.3) is 5.91 Å². The smallest absolute Gasteiger partial charge is 0.250 e. The first-order chi connectivity index (χ1) is 14.9. The summed E-state index contributed by atoms with van der Waals surface area (Å²) in [6, 6.07) is 13.4. The number of aromatic nitrogens is 1. The zero-order valence-corrected chi connectivity index (χ0v) is 18.3. The minimum absolute atomic E-state index is 0.120. The Morgan fingerprint density at radius 1 is 1.19 bits per heavy atom. The zero-order valence-electron chi connectivity index (χ0n) is 17.5. The average Bonchev–Trinajstić information content (AvgIpc) is 3.21. The van der Waals surface area contributed by atoms with Gasteiger partial charge in [0.15, 0.2) is 0 Å². The van der Waals surface area contributed by atoms with Crippen LogP contribution in [0.1, 0.15) is 47.2 Å². The first-order valence-electron chi connectivity index (χ1n) is 10.5. The van der Waals surface area contributed by atoms with Crippen LogP contribution >= 0.6 is 0 Å². The highest BCUT2D eigenvalue weighted by molar-refractivity contribution is 7.89. The second-order valence-electron chi connectivity index (χ2n) is 7.85. The normalized spacial score (nSPS) is 15.9. The Morgan fingerprint density at radius 2 is 1.90 bits per heavy atom. The molecule has 1 aliphatic heterocycles. The number of sulfonamides is 1. The zero-order chi connectivity index (χ0) is 22.0. The van der Waals surface area contributed by atoms with E-state index in [4.69, 9.17) is 10.5 Å². The summed E-state index contributed by atoms with van der Waals surface area (Å²) in [5, 5.41) is 0.899. The van der Waals surface area contributed by atoms with E-state index in [1.165, 1.54) is 0 Å². The molecule has 0 bridgehead atoms. The van der Waals surface area contributed by atoms with Crippen molar-refractivity contribution in [3.8, 4) is 5.75 Å². The van der Waals surface area contributed by atoms with Gasteiger partial charge in [-0.1, -0.05) is 30.3 Å². The highest BCUT2D eigenvalue weighted by atomic mass is 32.2. The minimum Gasteiger partial charge on any atom is -0.489 e. The van der Waals surface area contributed by atoms with Crippen LogP contribution in [-0.4, -0.2) is 42.5 Å². The standard InChI is InChI=1S/C23H27N3O4S/c1-2-31(28,29)26-10-8-17(9-11-26)21-14-25-22-19(21)12-18(13-20(22)23(24)27)30-15-16-6-4-3-5-7-16/h3-7,12-14,17,25H,2,8-11,15H2,1H3,(H2,24,27). The second-order valence-corrected chi connectivity index (χ2v) is 10.1. The third-order valence-corrected chi connectivity index (χ3v) is 7.84. The Kier molecular flexibility index (Phi) is 6.02. The number of rotatable bonds is 7. The van der Waals surface area contributed by atoms with E-state index < -0.39 is 15.9 Å². The van der Waals surface area contributed by atoms with Gasteiger partial charge in [0.05, 0.1) is 16.8 Å². The summed E-state index contributed by atoms with van der Waals surface area (Å²) in [6.45, 7) is 3.06. The molecule has 4 rings (SSSR count). The van der Waals surface area contributed by atoms with Crippen molar-refractivity contribution in [2.45, 2.75) is 32.3 Å². The van der Waals surface area contributed by atoms with Gasteiger partial charge in [0, 0.05) is 24.7 Å². The van der Waals surface area contributed by atoms with Gasteiger partial charge in [0.2, 0.25) is 10.0 Å². The van der Waals surface area contributed by atoms with Crippen LogP contribution in [-0.2, 0) is 16.6 Å². The predicted octanol–water partition coefficient (Wildman–Crippen LogP) is 3.37. The maximum absolute atomic E-state index is 12.2. The summed E-state index contributed by atoms with van der Waals surface area (Å²) in [4.78, 5) is 15.3. The predicted molar refractivity (Wildman–Crippen MR) is 121 cm³/mol. The minimum atomic E-state index is -3.17. The number of carbonyl (C=O) groups excluding carboxylic acids is 1. The lowest BCUT2D eigenvalue weighted by molar-refractivity contribution is 0.100. The fourth-order valence-electron chi connectivity index (χ4n) is 4.21. The molecule has 2 aromatic carbocycles. The third-order valence-electron chi connectivity index (χ3n) is 5.96. The number of amides is 1. The van der Waals surface area contributed by atoms with Gasteiger partial charge in [-0.25, -0.2) is 12.7 Å². The Bertz CT molecular complexity index is 1180. The van der Waals surface area contributed by atoms with Gasteiger partial charge in [0.1, 0.15) is 12.4 Å². The number of nitrogens with two attached hydrogens (primary N) is 1. The third kappa shape index (κ3) is 4.45. The summed E-state index contributed by atoms with van der Waals surface area (Å²) >= 11 is 0. The van der Waals surface area contributed by atoms with Gasteiger partial charge in [-0.05, 0) is 48.9 Å². The molecule has 31 heavy (non-hydrogen) atoms. The highest BCUT2D eigenvalue weighted by Crippen LogP contribution is 2.36. The van der Waals surface area contributed by atoms with Crippen LogP contribution in [0.15, 0.2) is 48.7 Å². The Hall–Kier alpha value is -2.84. The van der Waals surface area contributed by atoms with Crippen LogP contribution in [0.3, 0.4) is 0 Å². The fourth-order valence-corrected chi connectivity index (χ4v) is 5.34. The van der Waals surface area contributed by atoms with Gasteiger partial charge in [-0.2, -0.15) is 0 Å². The number of aromatic amines is 1. The molecule has 164 valence electrons. The molecule has 0 saturated carbocycles. The number of H-pyrrole nitrogens is 1. The van der Waals surface area contributed by atoms with Crippen molar-refractivity contribution in [2.75, 3.05) is 18.8 Å². The molecule has 1 aliphatic rings. The summed E-state index contributed by atoms with van der Waals surface area (Å²) in [5.41, 5.74) is 8.81. The molecule has 0 radical (unpaired) electrons. The molecule has 1 aromatic heterocycles. The lowest BCUT2D eigenvalue weighted by Crippen LogP contribution is -2.38. The van der Waals surface area contributed by atoms with Crippen LogP contribution in [0, 0.1) is 0 Å². The Morgan fingerprint density at radius 3 is 2.55 bits per heavy atom. The van der Waals surface area contributed by atoms with E-state index in [9.17, 15) is 13.2 Å². The molecule has 1 fully saturated rings. The molecule has 8 heteroatoms. The second kappa shape index (κ2) is 8.72. The molecule has 0 aliphatic carbocycles. The quantitative estimate of drug-likeness (QED) is 0.586. The van der Waals surface area contributed by atoms with Crippen molar-refractivity contribution in [2.24, 2.45) is 5.73 Å². The lowest BCUT2D eigenvalue weighted by atomic mass is 9.89. The van der Waals surface area contributed by atoms with E-state index in [0.717, 1.165) is 29.4 Å². The molecule has 0 unspecified atom stereocenters. The fraction of sp³-hybridized carbons (Fsp3) is 0.348. The van der Waals surface area contributed by atoms with Gasteiger partial charge in [-0.3, -0.25) is 4.79 Å². The van der Waals surface area contributed by atoms with E-state index in [0.29, 0.717) is 36.5 Å². The maximum atomic E-state index is 12.2. The van der Waals surface area contributed by atoms with Crippen molar-refractivity contribution >= 4 is 26.8 Å². The summed E-state index contributed by atoms with van der Waals surface area (Å²) in [7, 11) is -3.17. The average molecular weight is 442 g/mol.